The molecule has 1 aliphatic rings. The van der Waals surface area contributed by atoms with Crippen molar-refractivity contribution in [2.75, 3.05) is 23.9 Å². The first kappa shape index (κ1) is 19.3. The van der Waals surface area contributed by atoms with E-state index in [4.69, 9.17) is 4.74 Å². The van der Waals surface area contributed by atoms with Crippen LogP contribution < -0.4 is 15.0 Å². The number of carbonyl (C=O) groups is 1. The van der Waals surface area contributed by atoms with Gasteiger partial charge in [-0.05, 0) is 41.5 Å². The Balaban J connectivity index is 1.83. The summed E-state index contributed by atoms with van der Waals surface area (Å²) in [4.78, 5) is 14.8. The minimum atomic E-state index is -0.0493. The zero-order valence-electron chi connectivity index (χ0n) is 17.1. The lowest BCUT2D eigenvalue weighted by Crippen LogP contribution is -2.30. The number of fused-ring (bicyclic) bond motifs is 1. The highest BCUT2D eigenvalue weighted by molar-refractivity contribution is 5.94. The van der Waals surface area contributed by atoms with E-state index in [1.165, 1.54) is 11.1 Å². The van der Waals surface area contributed by atoms with E-state index in [-0.39, 0.29) is 11.3 Å². The number of anilines is 2. The second-order valence-corrected chi connectivity index (χ2v) is 8.57. The maximum absolute atomic E-state index is 12.4. The first-order valence-electron chi connectivity index (χ1n) is 9.57. The molecular weight excluding hydrogens is 336 g/mol. The Hall–Kier alpha value is -2.49. The number of carbonyl (C=O) groups excluding carboxylic acids is 1. The summed E-state index contributed by atoms with van der Waals surface area (Å²) < 4.78 is 5.62. The van der Waals surface area contributed by atoms with Crippen LogP contribution in [0, 0.1) is 12.3 Å². The SMILES string of the molecule is COc1cc(N2CCc3ccccc3C2)cc(C)c1NC(=O)CC(C)(C)C. The van der Waals surface area contributed by atoms with Crippen LogP contribution in [-0.2, 0) is 17.8 Å². The predicted octanol–water partition coefficient (Wildman–Crippen LogP) is 4.94. The Bertz CT molecular complexity index is 837. The first-order chi connectivity index (χ1) is 12.8. The van der Waals surface area contributed by atoms with Crippen molar-refractivity contribution in [3.63, 3.8) is 0 Å². The highest BCUT2D eigenvalue weighted by atomic mass is 16.5. The second kappa shape index (κ2) is 7.63. The van der Waals surface area contributed by atoms with Crippen molar-refractivity contribution in [1.82, 2.24) is 0 Å². The van der Waals surface area contributed by atoms with Gasteiger partial charge in [0.25, 0.3) is 0 Å². The lowest BCUT2D eigenvalue weighted by Gasteiger charge is -2.31. The quantitative estimate of drug-likeness (QED) is 0.833. The standard InChI is InChI=1S/C23H30N2O2/c1-16-12-19(25-11-10-17-8-6-7-9-18(17)15-25)13-20(27-5)22(16)24-21(26)14-23(2,3)4/h6-9,12-13H,10-11,14-15H2,1-5H3,(H,24,26). The topological polar surface area (TPSA) is 41.6 Å². The van der Waals surface area contributed by atoms with Gasteiger partial charge in [-0.15, -0.1) is 0 Å². The van der Waals surface area contributed by atoms with E-state index in [1.807, 2.05) is 13.0 Å². The summed E-state index contributed by atoms with van der Waals surface area (Å²) in [6.07, 6.45) is 1.52. The number of nitrogens with one attached hydrogen (secondary N) is 1. The highest BCUT2D eigenvalue weighted by Gasteiger charge is 2.21. The maximum atomic E-state index is 12.4. The van der Waals surface area contributed by atoms with Gasteiger partial charge in [-0.1, -0.05) is 45.0 Å². The van der Waals surface area contributed by atoms with Gasteiger partial charge in [0.2, 0.25) is 5.91 Å². The van der Waals surface area contributed by atoms with E-state index in [1.54, 1.807) is 7.11 Å². The van der Waals surface area contributed by atoms with Gasteiger partial charge in [-0.2, -0.15) is 0 Å². The monoisotopic (exact) mass is 366 g/mol. The zero-order valence-corrected chi connectivity index (χ0v) is 17.1. The molecule has 0 aliphatic carbocycles. The van der Waals surface area contributed by atoms with Crippen molar-refractivity contribution in [3.05, 3.63) is 53.1 Å². The van der Waals surface area contributed by atoms with Gasteiger partial charge in [0.15, 0.2) is 0 Å². The lowest BCUT2D eigenvalue weighted by molar-refractivity contribution is -0.117. The molecule has 3 rings (SSSR count). The van der Waals surface area contributed by atoms with E-state index in [0.29, 0.717) is 12.2 Å². The number of methoxy groups -OCH3 is 1. The number of amides is 1. The molecule has 0 saturated heterocycles. The Labute approximate surface area is 162 Å². The number of rotatable bonds is 4. The molecule has 2 aromatic rings. The van der Waals surface area contributed by atoms with E-state index >= 15 is 0 Å². The van der Waals surface area contributed by atoms with Crippen molar-refractivity contribution in [2.24, 2.45) is 5.41 Å². The summed E-state index contributed by atoms with van der Waals surface area (Å²) in [6, 6.07) is 12.8. The molecule has 0 atom stereocenters. The molecule has 0 radical (unpaired) electrons. The molecule has 0 saturated carbocycles. The third-order valence-electron chi connectivity index (χ3n) is 4.96. The van der Waals surface area contributed by atoms with Gasteiger partial charge in [-0.3, -0.25) is 4.79 Å². The van der Waals surface area contributed by atoms with Gasteiger partial charge in [-0.25, -0.2) is 0 Å². The van der Waals surface area contributed by atoms with Crippen molar-refractivity contribution < 1.29 is 9.53 Å². The number of ether oxygens (including phenoxy) is 1. The molecule has 1 heterocycles. The molecule has 0 fully saturated rings. The third-order valence-corrected chi connectivity index (χ3v) is 4.96. The fourth-order valence-corrected chi connectivity index (χ4v) is 3.62. The molecule has 0 bridgehead atoms. The van der Waals surface area contributed by atoms with Gasteiger partial charge < -0.3 is 15.0 Å². The predicted molar refractivity (Wildman–Crippen MR) is 112 cm³/mol. The maximum Gasteiger partial charge on any atom is 0.225 e. The molecule has 27 heavy (non-hydrogen) atoms. The third kappa shape index (κ3) is 4.62. The normalized spacial score (nSPS) is 13.9. The van der Waals surface area contributed by atoms with E-state index in [2.05, 4.69) is 61.3 Å². The molecular formula is C23H30N2O2. The van der Waals surface area contributed by atoms with Crippen LogP contribution in [0.4, 0.5) is 11.4 Å². The first-order valence-corrected chi connectivity index (χ1v) is 9.57. The Morgan fingerprint density at radius 3 is 2.56 bits per heavy atom. The number of hydrogen-bond donors (Lipinski definition) is 1. The van der Waals surface area contributed by atoms with Crippen LogP contribution in [0.1, 0.15) is 43.9 Å². The number of benzene rings is 2. The molecule has 144 valence electrons. The fraction of sp³-hybridized carbons (Fsp3) is 0.435. The summed E-state index contributed by atoms with van der Waals surface area (Å²) in [5, 5.41) is 3.05. The van der Waals surface area contributed by atoms with Gasteiger partial charge >= 0.3 is 0 Å². The van der Waals surface area contributed by atoms with Gasteiger partial charge in [0.1, 0.15) is 5.75 Å². The molecule has 4 heteroatoms. The number of nitrogens with zero attached hydrogens (tertiary/aromatic N) is 1. The molecule has 0 spiro atoms. The minimum absolute atomic E-state index is 0.0172. The summed E-state index contributed by atoms with van der Waals surface area (Å²) >= 11 is 0. The summed E-state index contributed by atoms with van der Waals surface area (Å²) in [5.74, 6) is 0.731. The smallest absolute Gasteiger partial charge is 0.225 e. The van der Waals surface area contributed by atoms with Crippen LogP contribution in [0.15, 0.2) is 36.4 Å². The van der Waals surface area contributed by atoms with Crippen LogP contribution in [0.25, 0.3) is 0 Å². The Kier molecular flexibility index (Phi) is 5.45. The molecule has 1 aliphatic heterocycles. The number of hydrogen-bond acceptors (Lipinski definition) is 3. The lowest BCUT2D eigenvalue weighted by atomic mass is 9.92. The van der Waals surface area contributed by atoms with Crippen LogP contribution in [0.2, 0.25) is 0 Å². The van der Waals surface area contributed by atoms with Crippen molar-refractivity contribution in [1.29, 1.82) is 0 Å². The van der Waals surface area contributed by atoms with Gasteiger partial charge in [0.05, 0.1) is 12.8 Å². The second-order valence-electron chi connectivity index (χ2n) is 8.57. The molecule has 4 nitrogen and oxygen atoms in total. The van der Waals surface area contributed by atoms with Crippen molar-refractivity contribution in [2.45, 2.75) is 47.1 Å². The van der Waals surface area contributed by atoms with Crippen LogP contribution in [-0.4, -0.2) is 19.6 Å². The fourth-order valence-electron chi connectivity index (χ4n) is 3.62. The molecule has 2 aromatic carbocycles. The average molecular weight is 367 g/mol. The summed E-state index contributed by atoms with van der Waals surface area (Å²) in [6.45, 7) is 10.1. The minimum Gasteiger partial charge on any atom is -0.494 e. The highest BCUT2D eigenvalue weighted by Crippen LogP contribution is 2.36. The van der Waals surface area contributed by atoms with E-state index < -0.39 is 0 Å². The van der Waals surface area contributed by atoms with E-state index in [0.717, 1.165) is 36.4 Å². The molecule has 1 amide bonds. The Morgan fingerprint density at radius 2 is 1.89 bits per heavy atom. The van der Waals surface area contributed by atoms with Crippen LogP contribution >= 0.6 is 0 Å². The van der Waals surface area contributed by atoms with Crippen molar-refractivity contribution in [3.8, 4) is 5.75 Å². The Morgan fingerprint density at radius 1 is 1.19 bits per heavy atom. The molecule has 0 aromatic heterocycles. The molecule has 1 N–H and O–H groups in total. The zero-order chi connectivity index (χ0) is 19.6. The van der Waals surface area contributed by atoms with Crippen molar-refractivity contribution >= 4 is 17.3 Å². The van der Waals surface area contributed by atoms with Crippen LogP contribution in [0.5, 0.6) is 5.75 Å². The largest absolute Gasteiger partial charge is 0.494 e. The van der Waals surface area contributed by atoms with Crippen LogP contribution in [0.3, 0.4) is 0 Å². The average Bonchev–Trinajstić information content (AvgIpc) is 2.61. The van der Waals surface area contributed by atoms with E-state index in [9.17, 15) is 4.79 Å². The summed E-state index contributed by atoms with van der Waals surface area (Å²) in [5.41, 5.74) is 5.68. The van der Waals surface area contributed by atoms with Gasteiger partial charge in [0, 0.05) is 31.3 Å². The molecule has 0 unspecified atom stereocenters. The number of aryl methyl sites for hydroxylation is 1. The summed E-state index contributed by atoms with van der Waals surface area (Å²) in [7, 11) is 1.66.